The Labute approximate surface area is 286 Å². The minimum Gasteiger partial charge on any atom is -0.166 e. The Balaban J connectivity index is 1.46. The van der Waals surface area contributed by atoms with Crippen molar-refractivity contribution in [2.24, 2.45) is 0 Å². The van der Waals surface area contributed by atoms with Crippen LogP contribution < -0.4 is 0 Å². The van der Waals surface area contributed by atoms with E-state index in [9.17, 15) is 52.7 Å². The van der Waals surface area contributed by atoms with E-state index < -0.39 is 55.0 Å². The molecular formula is C38H28F12Si. The van der Waals surface area contributed by atoms with E-state index in [4.69, 9.17) is 0 Å². The van der Waals surface area contributed by atoms with Gasteiger partial charge in [-0.15, -0.1) is 0 Å². The maximum atomic E-state index is 13.7. The molecule has 51 heavy (non-hydrogen) atoms. The number of hydrogen-bond acceptors (Lipinski definition) is 0. The fourth-order valence-electron chi connectivity index (χ4n) is 7.97. The van der Waals surface area contributed by atoms with E-state index in [0.29, 0.717) is 35.4 Å². The SMILES string of the molecule is CC1=Cc2c(-c3cc(C(F)(F)F)cc(C(F)(F)F)c3)cccc2C1[Si](C)(C)C1C(C)=Cc2c(-c3cc(C(F)(F)F)cc(C(F)(F)F)c3)cccc21. The van der Waals surface area contributed by atoms with E-state index in [0.717, 1.165) is 22.3 Å². The van der Waals surface area contributed by atoms with Gasteiger partial charge in [-0.3, -0.25) is 0 Å². The third-order valence-electron chi connectivity index (χ3n) is 9.84. The Bertz CT molecular complexity index is 1890. The summed E-state index contributed by atoms with van der Waals surface area (Å²) in [5.41, 5.74) is -2.31. The highest BCUT2D eigenvalue weighted by molar-refractivity contribution is 6.81. The zero-order valence-corrected chi connectivity index (χ0v) is 28.3. The van der Waals surface area contributed by atoms with Crippen molar-refractivity contribution in [3.63, 3.8) is 0 Å². The second-order valence-corrected chi connectivity index (χ2v) is 18.5. The number of benzene rings is 4. The first-order valence-electron chi connectivity index (χ1n) is 15.6. The lowest BCUT2D eigenvalue weighted by molar-refractivity contribution is -0.144. The predicted octanol–water partition coefficient (Wildman–Crippen LogP) is 13.6. The average Bonchev–Trinajstić information content (AvgIpc) is 3.54. The van der Waals surface area contributed by atoms with Gasteiger partial charge in [-0.2, -0.15) is 52.7 Å². The van der Waals surface area contributed by atoms with Gasteiger partial charge in [0.2, 0.25) is 0 Å². The van der Waals surface area contributed by atoms with Crippen molar-refractivity contribution in [1.29, 1.82) is 0 Å². The van der Waals surface area contributed by atoms with Crippen molar-refractivity contribution in [2.75, 3.05) is 0 Å². The lowest BCUT2D eigenvalue weighted by Gasteiger charge is -2.39. The van der Waals surface area contributed by atoms with E-state index in [1.165, 1.54) is 12.1 Å². The third kappa shape index (κ3) is 6.53. The van der Waals surface area contributed by atoms with Crippen LogP contribution in [0.4, 0.5) is 52.7 Å². The highest BCUT2D eigenvalue weighted by atomic mass is 28.3. The molecule has 0 aromatic heterocycles. The Kier molecular flexibility index (Phi) is 8.52. The highest BCUT2D eigenvalue weighted by Gasteiger charge is 2.48. The summed E-state index contributed by atoms with van der Waals surface area (Å²) in [6.07, 6.45) is -16.6. The average molecular weight is 741 g/mol. The van der Waals surface area contributed by atoms with Gasteiger partial charge in [0.1, 0.15) is 0 Å². The summed E-state index contributed by atoms with van der Waals surface area (Å²) in [6.45, 7) is 7.81. The predicted molar refractivity (Wildman–Crippen MR) is 174 cm³/mol. The lowest BCUT2D eigenvalue weighted by atomic mass is 9.94. The number of rotatable bonds is 4. The van der Waals surface area contributed by atoms with E-state index in [1.807, 2.05) is 13.8 Å². The quantitative estimate of drug-likeness (QED) is 0.144. The summed E-state index contributed by atoms with van der Waals surface area (Å²) in [6, 6.07) is 12.6. The monoisotopic (exact) mass is 740 g/mol. The summed E-state index contributed by atoms with van der Waals surface area (Å²) >= 11 is 0. The number of halogens is 12. The number of hydrogen-bond donors (Lipinski definition) is 0. The molecule has 6 rings (SSSR count). The Morgan fingerprint density at radius 2 is 0.745 bits per heavy atom. The molecule has 2 aliphatic rings. The minimum absolute atomic E-state index is 0.0802. The van der Waals surface area contributed by atoms with Crippen LogP contribution in [-0.4, -0.2) is 8.07 Å². The molecule has 0 nitrogen and oxygen atoms in total. The maximum Gasteiger partial charge on any atom is 0.416 e. The summed E-state index contributed by atoms with van der Waals surface area (Å²) in [4.78, 5) is 0. The Hall–Kier alpha value is -4.26. The first-order chi connectivity index (χ1) is 23.4. The molecule has 0 saturated carbocycles. The van der Waals surface area contributed by atoms with Crippen LogP contribution in [0.2, 0.25) is 13.1 Å². The Morgan fingerprint density at radius 3 is 1.02 bits per heavy atom. The fraction of sp³-hybridized carbons (Fsp3) is 0.263. The van der Waals surface area contributed by atoms with Crippen molar-refractivity contribution in [2.45, 2.75) is 62.7 Å². The van der Waals surface area contributed by atoms with Gasteiger partial charge in [0, 0.05) is 11.1 Å². The van der Waals surface area contributed by atoms with Crippen LogP contribution in [0, 0.1) is 0 Å². The van der Waals surface area contributed by atoms with Crippen LogP contribution in [0.5, 0.6) is 0 Å². The van der Waals surface area contributed by atoms with Crippen LogP contribution in [0.3, 0.4) is 0 Å². The van der Waals surface area contributed by atoms with Crippen molar-refractivity contribution < 1.29 is 52.7 Å². The molecule has 4 aromatic rings. The summed E-state index contributed by atoms with van der Waals surface area (Å²) in [5, 5.41) is 0. The molecule has 0 aliphatic heterocycles. The molecule has 0 saturated heterocycles. The second kappa shape index (κ2) is 11.9. The number of allylic oxidation sites excluding steroid dienone is 2. The molecule has 0 fully saturated rings. The lowest BCUT2D eigenvalue weighted by Crippen LogP contribution is -2.42. The summed E-state index contributed by atoms with van der Waals surface area (Å²) < 4.78 is 165. The molecule has 13 heteroatoms. The highest BCUT2D eigenvalue weighted by Crippen LogP contribution is 2.55. The van der Waals surface area contributed by atoms with E-state index in [-0.39, 0.29) is 45.5 Å². The number of alkyl halides is 12. The summed E-state index contributed by atoms with van der Waals surface area (Å²) in [5.74, 6) is 0. The van der Waals surface area contributed by atoms with Crippen molar-refractivity contribution in [3.05, 3.63) is 128 Å². The van der Waals surface area contributed by atoms with Gasteiger partial charge < -0.3 is 0 Å². The van der Waals surface area contributed by atoms with Gasteiger partial charge in [0.15, 0.2) is 0 Å². The third-order valence-corrected chi connectivity index (χ3v) is 14.4. The molecule has 0 heterocycles. The molecule has 0 spiro atoms. The van der Waals surface area contributed by atoms with Crippen molar-refractivity contribution >= 4 is 20.2 Å². The van der Waals surface area contributed by atoms with E-state index >= 15 is 0 Å². The Morgan fingerprint density at radius 1 is 0.451 bits per heavy atom. The van der Waals surface area contributed by atoms with Crippen LogP contribution >= 0.6 is 0 Å². The largest absolute Gasteiger partial charge is 0.416 e. The molecule has 0 bridgehead atoms. The molecule has 2 atom stereocenters. The topological polar surface area (TPSA) is 0 Å². The molecule has 2 unspecified atom stereocenters. The molecule has 268 valence electrons. The first kappa shape index (κ1) is 36.5. The van der Waals surface area contributed by atoms with Crippen LogP contribution in [-0.2, 0) is 24.7 Å². The van der Waals surface area contributed by atoms with E-state index in [1.54, 1.807) is 36.4 Å². The maximum absolute atomic E-state index is 13.7. The zero-order valence-electron chi connectivity index (χ0n) is 27.3. The summed E-state index contributed by atoms with van der Waals surface area (Å²) in [7, 11) is -2.73. The minimum atomic E-state index is -5.03. The standard InChI is InChI=1S/C38H28F12Si/c1-19-11-31-27(21-13-23(35(39,40)41)17-24(14-21)36(42,43)44)7-5-9-29(31)33(19)51(3,4)34-20(2)12-32-28(8-6-10-30(32)34)22-15-25(37(45,46)47)18-26(16-22)38(48,49)50/h5-18,33-34H,1-4H3. The first-order valence-corrected chi connectivity index (χ1v) is 18.8. The molecule has 0 N–H and O–H groups in total. The zero-order chi connectivity index (χ0) is 37.6. The second-order valence-electron chi connectivity index (χ2n) is 13.7. The smallest absolute Gasteiger partial charge is 0.166 e. The van der Waals surface area contributed by atoms with Crippen LogP contribution in [0.15, 0.2) is 83.9 Å². The van der Waals surface area contributed by atoms with Gasteiger partial charge >= 0.3 is 24.7 Å². The molecule has 0 amide bonds. The van der Waals surface area contributed by atoms with Gasteiger partial charge in [0.25, 0.3) is 0 Å². The fourth-order valence-corrected chi connectivity index (χ4v) is 12.9. The van der Waals surface area contributed by atoms with Crippen LogP contribution in [0.25, 0.3) is 34.4 Å². The van der Waals surface area contributed by atoms with Gasteiger partial charge in [-0.05, 0) is 94.8 Å². The number of fused-ring (bicyclic) bond motifs is 2. The molecule has 4 aromatic carbocycles. The normalized spacial score (nSPS) is 18.0. The van der Waals surface area contributed by atoms with Gasteiger partial charge in [-0.25, -0.2) is 0 Å². The molecular weight excluding hydrogens is 712 g/mol. The van der Waals surface area contributed by atoms with Crippen LogP contribution in [0.1, 0.15) is 69.4 Å². The van der Waals surface area contributed by atoms with E-state index in [2.05, 4.69) is 13.1 Å². The van der Waals surface area contributed by atoms with Crippen molar-refractivity contribution in [3.8, 4) is 22.3 Å². The molecule has 2 aliphatic carbocycles. The molecule has 0 radical (unpaired) electrons. The van der Waals surface area contributed by atoms with Crippen molar-refractivity contribution in [1.82, 2.24) is 0 Å². The van der Waals surface area contributed by atoms with Gasteiger partial charge in [0.05, 0.1) is 30.3 Å². The van der Waals surface area contributed by atoms with Gasteiger partial charge in [-0.1, -0.05) is 72.8 Å².